The quantitative estimate of drug-likeness (QED) is 0.598. The summed E-state index contributed by atoms with van der Waals surface area (Å²) in [7, 11) is -1.26. The third-order valence-corrected chi connectivity index (χ3v) is 4.60. The lowest BCUT2D eigenvalue weighted by Crippen LogP contribution is -2.35. The van der Waals surface area contributed by atoms with Crippen LogP contribution in [0.25, 0.3) is 0 Å². The van der Waals surface area contributed by atoms with E-state index in [1.807, 2.05) is 0 Å². The molecular weight excluding hydrogens is 163 g/mol. The lowest BCUT2D eigenvalue weighted by molar-refractivity contribution is 0.172. The number of rotatable bonds is 1. The molecule has 0 radical (unpaired) electrons. The zero-order valence-corrected chi connectivity index (χ0v) is 8.54. The van der Waals surface area contributed by atoms with Gasteiger partial charge in [0, 0.05) is 0 Å². The van der Waals surface area contributed by atoms with E-state index in [0.717, 1.165) is 11.9 Å². The Kier molecular flexibility index (Phi) is 1.71. The van der Waals surface area contributed by atoms with Gasteiger partial charge in [0.1, 0.15) is 0 Å². The van der Waals surface area contributed by atoms with E-state index in [4.69, 9.17) is 0 Å². The molecule has 0 aromatic rings. The van der Waals surface area contributed by atoms with Gasteiger partial charge in [0.25, 0.3) is 0 Å². The van der Waals surface area contributed by atoms with Gasteiger partial charge in [-0.15, -0.1) is 0 Å². The first kappa shape index (κ1) is 9.29. The SMILES string of the molecule is CC12CCC(C=C1B(O)O)C2(C)C. The fraction of sp³-hybridized carbons (Fsp3) is 0.800. The van der Waals surface area contributed by atoms with Crippen molar-refractivity contribution in [2.75, 3.05) is 0 Å². The van der Waals surface area contributed by atoms with E-state index >= 15 is 0 Å². The molecule has 2 aliphatic carbocycles. The van der Waals surface area contributed by atoms with Crippen molar-refractivity contribution in [3.8, 4) is 0 Å². The molecule has 2 nitrogen and oxygen atoms in total. The van der Waals surface area contributed by atoms with E-state index in [2.05, 4.69) is 26.8 Å². The van der Waals surface area contributed by atoms with Crippen LogP contribution in [0.4, 0.5) is 0 Å². The minimum Gasteiger partial charge on any atom is -0.423 e. The van der Waals surface area contributed by atoms with Gasteiger partial charge in [0.15, 0.2) is 0 Å². The highest BCUT2D eigenvalue weighted by Crippen LogP contribution is 2.65. The van der Waals surface area contributed by atoms with Crippen LogP contribution >= 0.6 is 0 Å². The molecule has 1 fully saturated rings. The average Bonchev–Trinajstić information content (AvgIpc) is 2.34. The standard InChI is InChI=1S/C10H17BO2/c1-9(2)7-4-5-10(9,3)8(6-7)11(12)13/h6-7,12-13H,4-5H2,1-3H3. The Morgan fingerprint density at radius 2 is 2.00 bits per heavy atom. The molecule has 2 rings (SSSR count). The van der Waals surface area contributed by atoms with Crippen LogP contribution in [0.2, 0.25) is 0 Å². The van der Waals surface area contributed by atoms with Crippen molar-refractivity contribution in [3.63, 3.8) is 0 Å². The molecule has 13 heavy (non-hydrogen) atoms. The summed E-state index contributed by atoms with van der Waals surface area (Å²) in [6.45, 7) is 6.62. The van der Waals surface area contributed by atoms with Crippen LogP contribution in [0.5, 0.6) is 0 Å². The minimum absolute atomic E-state index is 0.00579. The average molecular weight is 180 g/mol. The fourth-order valence-electron chi connectivity index (χ4n) is 3.12. The van der Waals surface area contributed by atoms with Gasteiger partial charge < -0.3 is 10.0 Å². The van der Waals surface area contributed by atoms with E-state index in [-0.39, 0.29) is 10.8 Å². The molecule has 2 aliphatic rings. The van der Waals surface area contributed by atoms with Crippen LogP contribution in [0, 0.1) is 16.7 Å². The third-order valence-electron chi connectivity index (χ3n) is 4.60. The van der Waals surface area contributed by atoms with Gasteiger partial charge in [0.2, 0.25) is 0 Å². The second-order valence-electron chi connectivity index (χ2n) is 5.19. The number of hydrogen-bond acceptors (Lipinski definition) is 2. The molecule has 0 aromatic heterocycles. The second kappa shape index (κ2) is 2.40. The Bertz CT molecular complexity index is 270. The summed E-state index contributed by atoms with van der Waals surface area (Å²) >= 11 is 0. The molecular formula is C10H17BO2. The molecule has 72 valence electrons. The highest BCUT2D eigenvalue weighted by molar-refractivity contribution is 6.51. The first-order chi connectivity index (χ1) is 5.89. The molecule has 2 atom stereocenters. The van der Waals surface area contributed by atoms with Crippen molar-refractivity contribution in [1.82, 2.24) is 0 Å². The molecule has 0 amide bonds. The van der Waals surface area contributed by atoms with Gasteiger partial charge in [-0.1, -0.05) is 26.8 Å². The Balaban J connectivity index is 2.43. The molecule has 2 N–H and O–H groups in total. The summed E-state index contributed by atoms with van der Waals surface area (Å²) in [4.78, 5) is 0. The van der Waals surface area contributed by atoms with E-state index in [1.54, 1.807) is 0 Å². The van der Waals surface area contributed by atoms with Gasteiger partial charge in [-0.05, 0) is 35.1 Å². The van der Waals surface area contributed by atoms with Gasteiger partial charge in [-0.3, -0.25) is 0 Å². The van der Waals surface area contributed by atoms with Crippen molar-refractivity contribution >= 4 is 7.12 Å². The number of fused-ring (bicyclic) bond motifs is 2. The Hall–Kier alpha value is -0.275. The van der Waals surface area contributed by atoms with Crippen molar-refractivity contribution in [2.24, 2.45) is 16.7 Å². The molecule has 0 heterocycles. The van der Waals surface area contributed by atoms with Crippen LogP contribution in [-0.4, -0.2) is 17.2 Å². The van der Waals surface area contributed by atoms with E-state index in [1.165, 1.54) is 6.42 Å². The predicted molar refractivity (Wildman–Crippen MR) is 52.9 cm³/mol. The van der Waals surface area contributed by atoms with Crippen LogP contribution in [0.15, 0.2) is 11.5 Å². The molecule has 0 spiro atoms. The van der Waals surface area contributed by atoms with Crippen LogP contribution < -0.4 is 0 Å². The second-order valence-corrected chi connectivity index (χ2v) is 5.19. The van der Waals surface area contributed by atoms with Crippen molar-refractivity contribution in [3.05, 3.63) is 11.5 Å². The van der Waals surface area contributed by atoms with E-state index < -0.39 is 7.12 Å². The third kappa shape index (κ3) is 0.920. The highest BCUT2D eigenvalue weighted by Gasteiger charge is 2.58. The van der Waals surface area contributed by atoms with Gasteiger partial charge >= 0.3 is 7.12 Å². The Labute approximate surface area is 79.8 Å². The smallest absolute Gasteiger partial charge is 0.423 e. The zero-order chi connectivity index (χ0) is 9.85. The van der Waals surface area contributed by atoms with Crippen molar-refractivity contribution < 1.29 is 10.0 Å². The summed E-state index contributed by atoms with van der Waals surface area (Å²) < 4.78 is 0. The van der Waals surface area contributed by atoms with Crippen LogP contribution in [-0.2, 0) is 0 Å². The molecule has 0 aliphatic heterocycles. The summed E-state index contributed by atoms with van der Waals surface area (Å²) in [5.74, 6) is 0.536. The van der Waals surface area contributed by atoms with E-state index in [9.17, 15) is 10.0 Å². The minimum atomic E-state index is -1.26. The Morgan fingerprint density at radius 3 is 2.23 bits per heavy atom. The van der Waals surface area contributed by atoms with Gasteiger partial charge in [0.05, 0.1) is 0 Å². The van der Waals surface area contributed by atoms with Crippen molar-refractivity contribution in [2.45, 2.75) is 33.6 Å². The highest BCUT2D eigenvalue weighted by atomic mass is 16.4. The molecule has 2 bridgehead atoms. The lowest BCUT2D eigenvalue weighted by atomic mass is 9.58. The topological polar surface area (TPSA) is 40.5 Å². The molecule has 0 aromatic carbocycles. The first-order valence-corrected chi connectivity index (χ1v) is 4.98. The summed E-state index contributed by atoms with van der Waals surface area (Å²) in [5, 5.41) is 18.5. The maximum atomic E-state index is 9.26. The lowest BCUT2D eigenvalue weighted by Gasteiger charge is -2.37. The molecule has 1 saturated carbocycles. The fourth-order valence-corrected chi connectivity index (χ4v) is 3.12. The normalized spacial score (nSPS) is 40.7. The molecule has 3 heteroatoms. The van der Waals surface area contributed by atoms with Crippen molar-refractivity contribution in [1.29, 1.82) is 0 Å². The van der Waals surface area contributed by atoms with Crippen LogP contribution in [0.1, 0.15) is 33.6 Å². The molecule has 2 unspecified atom stereocenters. The monoisotopic (exact) mass is 180 g/mol. The summed E-state index contributed by atoms with van der Waals surface area (Å²) in [5.41, 5.74) is 1.05. The van der Waals surface area contributed by atoms with E-state index in [0.29, 0.717) is 5.92 Å². The number of allylic oxidation sites excluding steroid dienone is 2. The number of hydrogen-bond donors (Lipinski definition) is 2. The summed E-state index contributed by atoms with van der Waals surface area (Å²) in [6, 6.07) is 0. The largest absolute Gasteiger partial charge is 0.484 e. The summed E-state index contributed by atoms with van der Waals surface area (Å²) in [6.07, 6.45) is 4.36. The Morgan fingerprint density at radius 1 is 1.38 bits per heavy atom. The maximum Gasteiger partial charge on any atom is 0.484 e. The maximum absolute atomic E-state index is 9.26. The van der Waals surface area contributed by atoms with Crippen LogP contribution in [0.3, 0.4) is 0 Å². The predicted octanol–water partition coefficient (Wildman–Crippen LogP) is 1.38. The van der Waals surface area contributed by atoms with Gasteiger partial charge in [-0.2, -0.15) is 0 Å². The zero-order valence-electron chi connectivity index (χ0n) is 8.54. The first-order valence-electron chi connectivity index (χ1n) is 4.98. The van der Waals surface area contributed by atoms with Gasteiger partial charge in [-0.25, -0.2) is 0 Å². The molecule has 0 saturated heterocycles.